The van der Waals surface area contributed by atoms with Crippen molar-refractivity contribution in [3.05, 3.63) is 64.4 Å². The maximum absolute atomic E-state index is 14.1. The van der Waals surface area contributed by atoms with Gasteiger partial charge >= 0.3 is 0 Å². The molecule has 1 unspecified atom stereocenters. The highest BCUT2D eigenvalue weighted by atomic mass is 35.5. The third kappa shape index (κ3) is 3.52. The van der Waals surface area contributed by atoms with Gasteiger partial charge in [-0.25, -0.2) is 8.78 Å². The average molecular weight is 297 g/mol. The monoisotopic (exact) mass is 296 g/mol. The molecule has 2 rings (SSSR count). The average Bonchev–Trinajstić information content (AvgIpc) is 2.37. The lowest BCUT2D eigenvalue weighted by Gasteiger charge is -2.22. The molecule has 0 radical (unpaired) electrons. The van der Waals surface area contributed by atoms with Crippen LogP contribution in [0.3, 0.4) is 0 Å². The summed E-state index contributed by atoms with van der Waals surface area (Å²) in [4.78, 5) is 4.03. The SMILES string of the molecule is CC(C)NC(c1ccc(F)cn1)c1ccc(Cl)cc1F. The van der Waals surface area contributed by atoms with Gasteiger partial charge in [-0.1, -0.05) is 17.7 Å². The number of benzene rings is 1. The quantitative estimate of drug-likeness (QED) is 0.919. The largest absolute Gasteiger partial charge is 0.303 e. The Kier molecular flexibility index (Phi) is 4.68. The molecule has 2 aromatic rings. The van der Waals surface area contributed by atoms with E-state index < -0.39 is 17.7 Å². The van der Waals surface area contributed by atoms with Gasteiger partial charge in [0, 0.05) is 16.6 Å². The summed E-state index contributed by atoms with van der Waals surface area (Å²) < 4.78 is 27.1. The van der Waals surface area contributed by atoms with E-state index in [9.17, 15) is 8.78 Å². The van der Waals surface area contributed by atoms with Crippen molar-refractivity contribution in [2.45, 2.75) is 25.9 Å². The van der Waals surface area contributed by atoms with E-state index in [2.05, 4.69) is 10.3 Å². The van der Waals surface area contributed by atoms with E-state index in [4.69, 9.17) is 11.6 Å². The maximum atomic E-state index is 14.1. The Bertz CT molecular complexity index is 585. The van der Waals surface area contributed by atoms with Crippen LogP contribution in [-0.4, -0.2) is 11.0 Å². The Morgan fingerprint density at radius 2 is 1.90 bits per heavy atom. The van der Waals surface area contributed by atoms with Crippen LogP contribution >= 0.6 is 11.6 Å². The van der Waals surface area contributed by atoms with E-state index in [0.29, 0.717) is 16.3 Å². The van der Waals surface area contributed by atoms with Crippen LogP contribution in [0.2, 0.25) is 5.02 Å². The Hall–Kier alpha value is -1.52. The molecule has 0 aliphatic carbocycles. The standard InChI is InChI=1S/C15H15ClF2N2/c1-9(2)20-15(14-6-4-11(17)8-19-14)12-5-3-10(16)7-13(12)18/h3-9,15,20H,1-2H3. The van der Waals surface area contributed by atoms with E-state index in [1.54, 1.807) is 18.2 Å². The third-order valence-electron chi connectivity index (χ3n) is 2.82. The number of halogens is 3. The second kappa shape index (κ2) is 6.29. The minimum Gasteiger partial charge on any atom is -0.303 e. The van der Waals surface area contributed by atoms with Gasteiger partial charge in [0.05, 0.1) is 17.9 Å². The van der Waals surface area contributed by atoms with Gasteiger partial charge in [-0.2, -0.15) is 0 Å². The number of hydrogen-bond donors (Lipinski definition) is 1. The third-order valence-corrected chi connectivity index (χ3v) is 3.05. The molecule has 1 aromatic carbocycles. The number of rotatable bonds is 4. The summed E-state index contributed by atoms with van der Waals surface area (Å²) in [6, 6.07) is 7.01. The van der Waals surface area contributed by atoms with Gasteiger partial charge < -0.3 is 5.32 Å². The second-order valence-corrected chi connectivity index (χ2v) is 5.26. The summed E-state index contributed by atoms with van der Waals surface area (Å²) in [7, 11) is 0. The number of pyridine rings is 1. The fourth-order valence-corrected chi connectivity index (χ4v) is 2.12. The van der Waals surface area contributed by atoms with Crippen LogP contribution in [0.15, 0.2) is 36.5 Å². The van der Waals surface area contributed by atoms with Gasteiger partial charge in [0.2, 0.25) is 0 Å². The molecule has 0 saturated heterocycles. The Morgan fingerprint density at radius 1 is 1.15 bits per heavy atom. The summed E-state index contributed by atoms with van der Waals surface area (Å²) in [5.74, 6) is -0.838. The van der Waals surface area contributed by atoms with Crippen LogP contribution in [0.4, 0.5) is 8.78 Å². The van der Waals surface area contributed by atoms with E-state index in [1.165, 1.54) is 12.1 Å². The van der Waals surface area contributed by atoms with Crippen LogP contribution < -0.4 is 5.32 Å². The Labute approximate surface area is 121 Å². The first-order valence-corrected chi connectivity index (χ1v) is 6.67. The number of hydrogen-bond acceptors (Lipinski definition) is 2. The summed E-state index contributed by atoms with van der Waals surface area (Å²) in [5.41, 5.74) is 0.989. The molecule has 0 spiro atoms. The molecule has 1 heterocycles. The van der Waals surface area contributed by atoms with Gasteiger partial charge in [0.15, 0.2) is 0 Å². The molecular formula is C15H15ClF2N2. The van der Waals surface area contributed by atoms with Crippen molar-refractivity contribution in [1.29, 1.82) is 0 Å². The fraction of sp³-hybridized carbons (Fsp3) is 0.267. The molecule has 5 heteroatoms. The van der Waals surface area contributed by atoms with Gasteiger partial charge in [-0.05, 0) is 38.1 Å². The second-order valence-electron chi connectivity index (χ2n) is 4.82. The van der Waals surface area contributed by atoms with E-state index >= 15 is 0 Å². The lowest BCUT2D eigenvalue weighted by Crippen LogP contribution is -2.30. The molecule has 0 fully saturated rings. The highest BCUT2D eigenvalue weighted by Gasteiger charge is 2.20. The molecule has 0 saturated carbocycles. The van der Waals surface area contributed by atoms with E-state index in [-0.39, 0.29) is 6.04 Å². The summed E-state index contributed by atoms with van der Waals surface area (Å²) in [5, 5.41) is 3.56. The first kappa shape index (κ1) is 14.9. The van der Waals surface area contributed by atoms with Crippen LogP contribution in [0, 0.1) is 11.6 Å². The lowest BCUT2D eigenvalue weighted by atomic mass is 10.0. The van der Waals surface area contributed by atoms with Crippen molar-refractivity contribution in [2.75, 3.05) is 0 Å². The van der Waals surface area contributed by atoms with Gasteiger partial charge in [0.25, 0.3) is 0 Å². The molecule has 0 aliphatic rings. The number of nitrogens with one attached hydrogen (secondary N) is 1. The first-order valence-electron chi connectivity index (χ1n) is 6.30. The predicted octanol–water partition coefficient (Wildman–Crippen LogP) is 4.10. The van der Waals surface area contributed by atoms with Crippen LogP contribution in [0.25, 0.3) is 0 Å². The zero-order valence-corrected chi connectivity index (χ0v) is 12.0. The topological polar surface area (TPSA) is 24.9 Å². The van der Waals surface area contributed by atoms with Crippen LogP contribution in [0.5, 0.6) is 0 Å². The van der Waals surface area contributed by atoms with Crippen molar-refractivity contribution in [3.63, 3.8) is 0 Å². The van der Waals surface area contributed by atoms with Crippen LogP contribution in [-0.2, 0) is 0 Å². The van der Waals surface area contributed by atoms with Crippen LogP contribution in [0.1, 0.15) is 31.1 Å². The summed E-state index contributed by atoms with van der Waals surface area (Å²) in [6.45, 7) is 3.90. The smallest absolute Gasteiger partial charge is 0.141 e. The van der Waals surface area contributed by atoms with Crippen molar-refractivity contribution < 1.29 is 8.78 Å². The van der Waals surface area contributed by atoms with Crippen molar-refractivity contribution in [3.8, 4) is 0 Å². The summed E-state index contributed by atoms with van der Waals surface area (Å²) in [6.07, 6.45) is 1.12. The number of aromatic nitrogens is 1. The highest BCUT2D eigenvalue weighted by molar-refractivity contribution is 6.30. The van der Waals surface area contributed by atoms with E-state index in [1.807, 2.05) is 13.8 Å². The Morgan fingerprint density at radius 3 is 2.45 bits per heavy atom. The minimum absolute atomic E-state index is 0.113. The molecule has 0 amide bonds. The van der Waals surface area contributed by atoms with E-state index in [0.717, 1.165) is 6.20 Å². The molecule has 0 aliphatic heterocycles. The van der Waals surface area contributed by atoms with Crippen molar-refractivity contribution >= 4 is 11.6 Å². The molecule has 1 atom stereocenters. The predicted molar refractivity (Wildman–Crippen MR) is 75.7 cm³/mol. The minimum atomic E-state index is -0.451. The van der Waals surface area contributed by atoms with Gasteiger partial charge in [-0.15, -0.1) is 0 Å². The fourth-order valence-electron chi connectivity index (χ4n) is 1.96. The van der Waals surface area contributed by atoms with Crippen molar-refractivity contribution in [2.24, 2.45) is 0 Å². The molecule has 2 nitrogen and oxygen atoms in total. The molecule has 0 bridgehead atoms. The number of nitrogens with zero attached hydrogens (tertiary/aromatic N) is 1. The van der Waals surface area contributed by atoms with Gasteiger partial charge in [-0.3, -0.25) is 4.98 Å². The Balaban J connectivity index is 2.43. The molecular weight excluding hydrogens is 282 g/mol. The zero-order chi connectivity index (χ0) is 14.7. The van der Waals surface area contributed by atoms with Crippen molar-refractivity contribution in [1.82, 2.24) is 10.3 Å². The molecule has 20 heavy (non-hydrogen) atoms. The molecule has 1 N–H and O–H groups in total. The zero-order valence-electron chi connectivity index (χ0n) is 11.2. The molecule has 106 valence electrons. The first-order chi connectivity index (χ1) is 9.47. The summed E-state index contributed by atoms with van der Waals surface area (Å²) >= 11 is 5.77. The van der Waals surface area contributed by atoms with Gasteiger partial charge in [0.1, 0.15) is 11.6 Å². The molecule has 1 aromatic heterocycles. The maximum Gasteiger partial charge on any atom is 0.141 e. The lowest BCUT2D eigenvalue weighted by molar-refractivity contribution is 0.494. The normalized spacial score (nSPS) is 12.7. The highest BCUT2D eigenvalue weighted by Crippen LogP contribution is 2.26.